The molecular weight excluding hydrogens is 198 g/mol. The zero-order valence-corrected chi connectivity index (χ0v) is 11.3. The number of rotatable bonds is 8. The van der Waals surface area contributed by atoms with Crippen LogP contribution in [0.1, 0.15) is 65.7 Å². The average molecular weight is 227 g/mol. The van der Waals surface area contributed by atoms with Gasteiger partial charge in [0.15, 0.2) is 0 Å². The molecule has 1 saturated heterocycles. The van der Waals surface area contributed by atoms with Crippen molar-refractivity contribution in [2.24, 2.45) is 0 Å². The molecule has 3 unspecified atom stereocenters. The smallest absolute Gasteiger partial charge is 0.0579 e. The Kier molecular flexibility index (Phi) is 7.06. The molecule has 96 valence electrons. The van der Waals surface area contributed by atoms with Crippen LogP contribution in [0, 0.1) is 0 Å². The van der Waals surface area contributed by atoms with Crippen LogP contribution in [-0.4, -0.2) is 24.8 Å². The quantitative estimate of drug-likeness (QED) is 0.685. The lowest BCUT2D eigenvalue weighted by molar-refractivity contribution is 0.0490. The van der Waals surface area contributed by atoms with E-state index in [2.05, 4.69) is 26.1 Å². The van der Waals surface area contributed by atoms with Crippen molar-refractivity contribution in [3.63, 3.8) is 0 Å². The fraction of sp³-hybridized carbons (Fsp3) is 1.00. The molecular formula is C14H29NO. The molecule has 0 saturated carbocycles. The third-order valence-corrected chi connectivity index (χ3v) is 3.53. The molecule has 2 nitrogen and oxygen atoms in total. The summed E-state index contributed by atoms with van der Waals surface area (Å²) < 4.78 is 5.84. The van der Waals surface area contributed by atoms with Gasteiger partial charge in [-0.25, -0.2) is 0 Å². The van der Waals surface area contributed by atoms with Crippen molar-refractivity contribution >= 4 is 0 Å². The van der Waals surface area contributed by atoms with Crippen LogP contribution in [0.25, 0.3) is 0 Å². The summed E-state index contributed by atoms with van der Waals surface area (Å²) in [7, 11) is 0. The second kappa shape index (κ2) is 8.08. The van der Waals surface area contributed by atoms with Crippen molar-refractivity contribution in [1.29, 1.82) is 0 Å². The van der Waals surface area contributed by atoms with Gasteiger partial charge in [-0.1, -0.05) is 20.3 Å². The molecule has 0 bridgehead atoms. The number of nitrogens with one attached hydrogen (secondary N) is 1. The zero-order chi connectivity index (χ0) is 11.8. The Balaban J connectivity index is 2.07. The minimum absolute atomic E-state index is 0.505. The number of ether oxygens (including phenoxy) is 1. The first-order valence-electron chi connectivity index (χ1n) is 7.15. The summed E-state index contributed by atoms with van der Waals surface area (Å²) in [5.74, 6) is 0. The minimum atomic E-state index is 0.505. The summed E-state index contributed by atoms with van der Waals surface area (Å²) in [6.45, 7) is 7.76. The van der Waals surface area contributed by atoms with Crippen LogP contribution < -0.4 is 5.32 Å². The molecule has 1 rings (SSSR count). The summed E-state index contributed by atoms with van der Waals surface area (Å²) in [6.07, 6.45) is 10.1. The SMILES string of the molecule is CCCC(CCCC1CCC(C)O1)NCC. The highest BCUT2D eigenvalue weighted by atomic mass is 16.5. The van der Waals surface area contributed by atoms with Gasteiger partial charge in [-0.05, 0) is 52.0 Å². The summed E-state index contributed by atoms with van der Waals surface area (Å²) in [5, 5.41) is 3.58. The standard InChI is InChI=1S/C14H29NO/c1-4-7-13(15-5-2)8-6-9-14-11-10-12(3)16-14/h12-15H,4-11H2,1-3H3. The Morgan fingerprint density at radius 2 is 2.06 bits per heavy atom. The first kappa shape index (κ1) is 14.0. The molecule has 0 amide bonds. The van der Waals surface area contributed by atoms with Gasteiger partial charge in [-0.3, -0.25) is 0 Å². The topological polar surface area (TPSA) is 21.3 Å². The van der Waals surface area contributed by atoms with Crippen LogP contribution in [0.5, 0.6) is 0 Å². The van der Waals surface area contributed by atoms with Crippen molar-refractivity contribution in [2.75, 3.05) is 6.54 Å². The Morgan fingerprint density at radius 3 is 2.62 bits per heavy atom. The molecule has 0 radical (unpaired) electrons. The molecule has 0 aromatic carbocycles. The van der Waals surface area contributed by atoms with Crippen LogP contribution in [0.3, 0.4) is 0 Å². The Bertz CT molecular complexity index is 166. The summed E-state index contributed by atoms with van der Waals surface area (Å²) in [4.78, 5) is 0. The predicted molar refractivity (Wildman–Crippen MR) is 69.8 cm³/mol. The molecule has 1 N–H and O–H groups in total. The molecule has 1 aliphatic rings. The molecule has 1 aliphatic heterocycles. The van der Waals surface area contributed by atoms with Crippen LogP contribution in [0.2, 0.25) is 0 Å². The maximum absolute atomic E-state index is 5.84. The Labute approximate surface area is 101 Å². The lowest BCUT2D eigenvalue weighted by Crippen LogP contribution is -2.28. The van der Waals surface area contributed by atoms with E-state index in [0.717, 1.165) is 12.6 Å². The van der Waals surface area contributed by atoms with Gasteiger partial charge in [0.1, 0.15) is 0 Å². The minimum Gasteiger partial charge on any atom is -0.375 e. The fourth-order valence-electron chi connectivity index (χ4n) is 2.68. The summed E-state index contributed by atoms with van der Waals surface area (Å²) >= 11 is 0. The summed E-state index contributed by atoms with van der Waals surface area (Å²) in [6, 6.07) is 0.730. The predicted octanol–water partition coefficient (Wildman–Crippen LogP) is 3.50. The summed E-state index contributed by atoms with van der Waals surface area (Å²) in [5.41, 5.74) is 0. The average Bonchev–Trinajstić information content (AvgIpc) is 2.65. The van der Waals surface area contributed by atoms with Gasteiger partial charge < -0.3 is 10.1 Å². The fourth-order valence-corrected chi connectivity index (χ4v) is 2.68. The Morgan fingerprint density at radius 1 is 1.25 bits per heavy atom. The van der Waals surface area contributed by atoms with E-state index in [1.165, 1.54) is 44.9 Å². The second-order valence-electron chi connectivity index (χ2n) is 5.12. The normalized spacial score (nSPS) is 27.2. The maximum Gasteiger partial charge on any atom is 0.0579 e. The lowest BCUT2D eigenvalue weighted by Gasteiger charge is -2.18. The highest BCUT2D eigenvalue weighted by Gasteiger charge is 2.21. The highest BCUT2D eigenvalue weighted by Crippen LogP contribution is 2.23. The molecule has 16 heavy (non-hydrogen) atoms. The van der Waals surface area contributed by atoms with Gasteiger partial charge in [0.25, 0.3) is 0 Å². The van der Waals surface area contributed by atoms with Crippen LogP contribution in [0.4, 0.5) is 0 Å². The van der Waals surface area contributed by atoms with Crippen molar-refractivity contribution in [3.05, 3.63) is 0 Å². The van der Waals surface area contributed by atoms with Gasteiger partial charge >= 0.3 is 0 Å². The van der Waals surface area contributed by atoms with E-state index in [0.29, 0.717) is 12.2 Å². The van der Waals surface area contributed by atoms with E-state index in [-0.39, 0.29) is 0 Å². The third kappa shape index (κ3) is 5.31. The van der Waals surface area contributed by atoms with E-state index < -0.39 is 0 Å². The van der Waals surface area contributed by atoms with Gasteiger partial charge in [-0.15, -0.1) is 0 Å². The molecule has 0 aliphatic carbocycles. The van der Waals surface area contributed by atoms with Gasteiger partial charge in [0.05, 0.1) is 12.2 Å². The molecule has 0 spiro atoms. The van der Waals surface area contributed by atoms with Crippen LogP contribution in [-0.2, 0) is 4.74 Å². The molecule has 3 atom stereocenters. The molecule has 0 aromatic heterocycles. The molecule has 1 heterocycles. The largest absolute Gasteiger partial charge is 0.375 e. The van der Waals surface area contributed by atoms with E-state index >= 15 is 0 Å². The van der Waals surface area contributed by atoms with Gasteiger partial charge in [-0.2, -0.15) is 0 Å². The van der Waals surface area contributed by atoms with E-state index in [9.17, 15) is 0 Å². The second-order valence-corrected chi connectivity index (χ2v) is 5.12. The molecule has 2 heteroatoms. The molecule has 0 aromatic rings. The van der Waals surface area contributed by atoms with Gasteiger partial charge in [0, 0.05) is 6.04 Å². The van der Waals surface area contributed by atoms with E-state index in [4.69, 9.17) is 4.74 Å². The van der Waals surface area contributed by atoms with Crippen molar-refractivity contribution in [2.45, 2.75) is 84.0 Å². The van der Waals surface area contributed by atoms with E-state index in [1.807, 2.05) is 0 Å². The third-order valence-electron chi connectivity index (χ3n) is 3.53. The maximum atomic E-state index is 5.84. The van der Waals surface area contributed by atoms with Gasteiger partial charge in [0.2, 0.25) is 0 Å². The lowest BCUT2D eigenvalue weighted by atomic mass is 10.0. The van der Waals surface area contributed by atoms with Crippen LogP contribution in [0.15, 0.2) is 0 Å². The van der Waals surface area contributed by atoms with Crippen molar-refractivity contribution < 1.29 is 4.74 Å². The van der Waals surface area contributed by atoms with Crippen LogP contribution >= 0.6 is 0 Å². The molecule has 1 fully saturated rings. The van der Waals surface area contributed by atoms with Crippen molar-refractivity contribution in [3.8, 4) is 0 Å². The highest BCUT2D eigenvalue weighted by molar-refractivity contribution is 4.72. The first-order chi connectivity index (χ1) is 7.76. The zero-order valence-electron chi connectivity index (χ0n) is 11.3. The van der Waals surface area contributed by atoms with Crippen molar-refractivity contribution in [1.82, 2.24) is 5.32 Å². The number of hydrogen-bond donors (Lipinski definition) is 1. The Hall–Kier alpha value is -0.0800. The number of hydrogen-bond acceptors (Lipinski definition) is 2. The first-order valence-corrected chi connectivity index (χ1v) is 7.15. The van der Waals surface area contributed by atoms with E-state index in [1.54, 1.807) is 0 Å². The monoisotopic (exact) mass is 227 g/mol.